The Bertz CT molecular complexity index is 635. The molecule has 2 N–H and O–H groups in total. The predicted molar refractivity (Wildman–Crippen MR) is 106 cm³/mol. The van der Waals surface area contributed by atoms with Gasteiger partial charge in [0.2, 0.25) is 0 Å². The highest BCUT2D eigenvalue weighted by Crippen LogP contribution is 2.08. The van der Waals surface area contributed by atoms with Gasteiger partial charge < -0.3 is 15.4 Å². The first-order valence-electron chi connectivity index (χ1n) is 9.36. The van der Waals surface area contributed by atoms with E-state index in [0.29, 0.717) is 13.2 Å². The van der Waals surface area contributed by atoms with E-state index in [2.05, 4.69) is 51.9 Å². The highest BCUT2D eigenvalue weighted by Gasteiger charge is 2.00. The first kappa shape index (κ1) is 20.0. The Morgan fingerprint density at radius 3 is 2.62 bits per heavy atom. The Kier molecular flexibility index (Phi) is 8.69. The predicted octanol–water partition coefficient (Wildman–Crippen LogP) is 2.95. The van der Waals surface area contributed by atoms with Gasteiger partial charge in [-0.2, -0.15) is 5.10 Å². The van der Waals surface area contributed by atoms with Crippen LogP contribution in [0.3, 0.4) is 0 Å². The second kappa shape index (κ2) is 11.3. The molecule has 0 amide bonds. The molecule has 6 nitrogen and oxygen atoms in total. The fraction of sp³-hybridized carbons (Fsp3) is 0.500. The molecule has 0 bridgehead atoms. The molecule has 0 saturated carbocycles. The summed E-state index contributed by atoms with van der Waals surface area (Å²) in [6.45, 7) is 10.1. The van der Waals surface area contributed by atoms with Gasteiger partial charge in [0.25, 0.3) is 0 Å². The lowest BCUT2D eigenvalue weighted by Crippen LogP contribution is -2.38. The second-order valence-electron chi connectivity index (χ2n) is 6.42. The Balaban J connectivity index is 1.77. The minimum atomic E-state index is 0.251. The van der Waals surface area contributed by atoms with Crippen molar-refractivity contribution in [3.05, 3.63) is 53.9 Å². The van der Waals surface area contributed by atoms with Gasteiger partial charge in [-0.25, -0.2) is 4.99 Å². The molecule has 142 valence electrons. The normalized spacial score (nSPS) is 11.8. The number of benzene rings is 1. The van der Waals surface area contributed by atoms with Gasteiger partial charge in [0, 0.05) is 32.0 Å². The van der Waals surface area contributed by atoms with Crippen LogP contribution in [0.15, 0.2) is 47.7 Å². The van der Waals surface area contributed by atoms with E-state index in [1.807, 2.05) is 30.8 Å². The molecule has 0 saturated heterocycles. The van der Waals surface area contributed by atoms with E-state index in [0.717, 1.165) is 32.0 Å². The van der Waals surface area contributed by atoms with Crippen LogP contribution in [0, 0.1) is 0 Å². The number of hydrogen-bond donors (Lipinski definition) is 2. The van der Waals surface area contributed by atoms with Crippen molar-refractivity contribution >= 4 is 5.96 Å². The summed E-state index contributed by atoms with van der Waals surface area (Å²) >= 11 is 0. The van der Waals surface area contributed by atoms with Crippen molar-refractivity contribution in [1.82, 2.24) is 20.4 Å². The summed E-state index contributed by atoms with van der Waals surface area (Å²) in [7, 11) is 0. The van der Waals surface area contributed by atoms with E-state index >= 15 is 0 Å². The monoisotopic (exact) mass is 357 g/mol. The highest BCUT2D eigenvalue weighted by molar-refractivity contribution is 5.79. The maximum Gasteiger partial charge on any atom is 0.191 e. The molecule has 6 heteroatoms. The van der Waals surface area contributed by atoms with E-state index in [4.69, 9.17) is 4.74 Å². The zero-order valence-electron chi connectivity index (χ0n) is 16.1. The molecule has 0 fully saturated rings. The van der Waals surface area contributed by atoms with Gasteiger partial charge >= 0.3 is 0 Å². The van der Waals surface area contributed by atoms with Crippen LogP contribution < -0.4 is 10.6 Å². The molecule has 2 rings (SSSR count). The molecule has 0 unspecified atom stereocenters. The summed E-state index contributed by atoms with van der Waals surface area (Å²) in [5, 5.41) is 10.9. The number of aliphatic imine (C=N–C) groups is 1. The number of hydrogen-bond acceptors (Lipinski definition) is 3. The fourth-order valence-electron chi connectivity index (χ4n) is 2.40. The Labute approximate surface area is 156 Å². The highest BCUT2D eigenvalue weighted by atomic mass is 16.5. The maximum absolute atomic E-state index is 5.63. The van der Waals surface area contributed by atoms with Gasteiger partial charge in [-0.15, -0.1) is 0 Å². The van der Waals surface area contributed by atoms with Crippen molar-refractivity contribution in [2.24, 2.45) is 4.99 Å². The summed E-state index contributed by atoms with van der Waals surface area (Å²) in [5.74, 6) is 0.847. The van der Waals surface area contributed by atoms with E-state index in [9.17, 15) is 0 Å². The van der Waals surface area contributed by atoms with Crippen LogP contribution in [0.4, 0.5) is 0 Å². The zero-order chi connectivity index (χ0) is 18.6. The van der Waals surface area contributed by atoms with Crippen LogP contribution in [-0.4, -0.2) is 34.9 Å². The summed E-state index contributed by atoms with van der Waals surface area (Å²) in [6.07, 6.45) is 5.03. The SMILES string of the molecule is CCNC(=NCc1ccc(COC(C)C)cc1)NCCCn1cccn1. The van der Waals surface area contributed by atoms with Crippen molar-refractivity contribution in [2.75, 3.05) is 13.1 Å². The first-order valence-corrected chi connectivity index (χ1v) is 9.36. The van der Waals surface area contributed by atoms with Gasteiger partial charge in [0.05, 0.1) is 19.3 Å². The van der Waals surface area contributed by atoms with Crippen molar-refractivity contribution in [1.29, 1.82) is 0 Å². The van der Waals surface area contributed by atoms with Crippen LogP contribution in [-0.2, 0) is 24.4 Å². The smallest absolute Gasteiger partial charge is 0.191 e. The largest absolute Gasteiger partial charge is 0.374 e. The van der Waals surface area contributed by atoms with E-state index in [-0.39, 0.29) is 6.10 Å². The number of nitrogens with zero attached hydrogens (tertiary/aromatic N) is 3. The lowest BCUT2D eigenvalue weighted by Gasteiger charge is -2.11. The summed E-state index contributed by atoms with van der Waals surface area (Å²) in [5.41, 5.74) is 2.38. The van der Waals surface area contributed by atoms with Gasteiger partial charge in [-0.1, -0.05) is 24.3 Å². The van der Waals surface area contributed by atoms with Crippen molar-refractivity contribution in [2.45, 2.75) is 53.0 Å². The van der Waals surface area contributed by atoms with E-state index < -0.39 is 0 Å². The number of nitrogens with one attached hydrogen (secondary N) is 2. The van der Waals surface area contributed by atoms with Gasteiger partial charge in [0.15, 0.2) is 5.96 Å². The molecule has 1 heterocycles. The molecule has 0 aliphatic rings. The number of guanidine groups is 1. The van der Waals surface area contributed by atoms with Crippen molar-refractivity contribution < 1.29 is 4.74 Å². The van der Waals surface area contributed by atoms with Gasteiger partial charge in [-0.05, 0) is 44.4 Å². The summed E-state index contributed by atoms with van der Waals surface area (Å²) < 4.78 is 7.57. The lowest BCUT2D eigenvalue weighted by atomic mass is 10.1. The quantitative estimate of drug-likeness (QED) is 0.390. The molecule has 0 spiro atoms. The van der Waals surface area contributed by atoms with Gasteiger partial charge in [-0.3, -0.25) is 4.68 Å². The third kappa shape index (κ3) is 7.70. The Morgan fingerprint density at radius 1 is 1.19 bits per heavy atom. The molecule has 26 heavy (non-hydrogen) atoms. The molecule has 1 aromatic carbocycles. The second-order valence-corrected chi connectivity index (χ2v) is 6.42. The third-order valence-electron chi connectivity index (χ3n) is 3.79. The van der Waals surface area contributed by atoms with Crippen molar-refractivity contribution in [3.63, 3.8) is 0 Å². The van der Waals surface area contributed by atoms with Gasteiger partial charge in [0.1, 0.15) is 0 Å². The Morgan fingerprint density at radius 2 is 1.96 bits per heavy atom. The average molecular weight is 358 g/mol. The number of aromatic nitrogens is 2. The fourth-order valence-corrected chi connectivity index (χ4v) is 2.40. The Hall–Kier alpha value is -2.34. The molecule has 0 radical (unpaired) electrons. The van der Waals surface area contributed by atoms with Crippen LogP contribution >= 0.6 is 0 Å². The maximum atomic E-state index is 5.63. The first-order chi connectivity index (χ1) is 12.7. The van der Waals surface area contributed by atoms with Crippen LogP contribution in [0.1, 0.15) is 38.3 Å². The number of rotatable bonds is 10. The molecule has 1 aromatic heterocycles. The summed E-state index contributed by atoms with van der Waals surface area (Å²) in [4.78, 5) is 4.66. The topological polar surface area (TPSA) is 63.5 Å². The molecular formula is C20H31N5O. The molecule has 2 aromatic rings. The van der Waals surface area contributed by atoms with Crippen LogP contribution in [0.5, 0.6) is 0 Å². The standard InChI is InChI=1S/C20H31N5O/c1-4-21-20(22-11-5-13-25-14-6-12-24-25)23-15-18-7-9-19(10-8-18)16-26-17(2)3/h6-10,12,14,17H,4-5,11,13,15-16H2,1-3H3,(H2,21,22,23). The average Bonchev–Trinajstić information content (AvgIpc) is 3.15. The van der Waals surface area contributed by atoms with Crippen LogP contribution in [0.25, 0.3) is 0 Å². The minimum absolute atomic E-state index is 0.251. The van der Waals surface area contributed by atoms with E-state index in [1.54, 1.807) is 6.20 Å². The third-order valence-corrected chi connectivity index (χ3v) is 3.79. The lowest BCUT2D eigenvalue weighted by molar-refractivity contribution is 0.0657. The minimum Gasteiger partial charge on any atom is -0.374 e. The molecule has 0 aliphatic carbocycles. The van der Waals surface area contributed by atoms with E-state index in [1.165, 1.54) is 11.1 Å². The molecular weight excluding hydrogens is 326 g/mol. The number of aryl methyl sites for hydroxylation is 1. The number of ether oxygens (including phenoxy) is 1. The zero-order valence-corrected chi connectivity index (χ0v) is 16.1. The van der Waals surface area contributed by atoms with Crippen LogP contribution in [0.2, 0.25) is 0 Å². The molecule has 0 atom stereocenters. The molecule has 0 aliphatic heterocycles. The summed E-state index contributed by atoms with van der Waals surface area (Å²) in [6, 6.07) is 10.4. The van der Waals surface area contributed by atoms with Crippen molar-refractivity contribution in [3.8, 4) is 0 Å².